The molecular weight excluding hydrogens is 236 g/mol. The highest BCUT2D eigenvalue weighted by Crippen LogP contribution is 2.37. The minimum Gasteiger partial charge on any atom is -0.390 e. The Hall–Kier alpha value is -0.860. The molecule has 1 fully saturated rings. The van der Waals surface area contributed by atoms with Crippen molar-refractivity contribution in [2.75, 3.05) is 6.61 Å². The van der Waals surface area contributed by atoms with Crippen LogP contribution in [0.25, 0.3) is 0 Å². The molecule has 0 spiro atoms. The second-order valence-corrected chi connectivity index (χ2v) is 6.14. The summed E-state index contributed by atoms with van der Waals surface area (Å²) >= 11 is 0. The molecule has 0 bridgehead atoms. The number of hydrogen-bond donors (Lipinski definition) is 1. The fraction of sp³-hybridized carbons (Fsp3) is 0.647. The van der Waals surface area contributed by atoms with Crippen molar-refractivity contribution in [1.82, 2.24) is 0 Å². The summed E-state index contributed by atoms with van der Waals surface area (Å²) in [5.41, 5.74) is 0.689. The van der Waals surface area contributed by atoms with Crippen molar-refractivity contribution < 1.29 is 9.84 Å². The number of aliphatic hydroxyl groups is 1. The van der Waals surface area contributed by atoms with Gasteiger partial charge in [-0.1, -0.05) is 37.3 Å². The van der Waals surface area contributed by atoms with Gasteiger partial charge in [0.25, 0.3) is 0 Å². The highest BCUT2D eigenvalue weighted by atomic mass is 16.5. The number of rotatable bonds is 5. The molecule has 19 heavy (non-hydrogen) atoms. The van der Waals surface area contributed by atoms with Gasteiger partial charge in [0.05, 0.1) is 17.8 Å². The monoisotopic (exact) mass is 262 g/mol. The maximum absolute atomic E-state index is 10.7. The highest BCUT2D eigenvalue weighted by Gasteiger charge is 2.40. The Balaban J connectivity index is 1.84. The summed E-state index contributed by atoms with van der Waals surface area (Å²) < 4.78 is 5.81. The summed E-state index contributed by atoms with van der Waals surface area (Å²) in [6.45, 7) is 4.94. The van der Waals surface area contributed by atoms with Crippen molar-refractivity contribution in [2.45, 2.75) is 63.6 Å². The molecule has 0 saturated carbocycles. The first kappa shape index (κ1) is 14.5. The largest absolute Gasteiger partial charge is 0.390 e. The van der Waals surface area contributed by atoms with E-state index in [-0.39, 0.29) is 5.60 Å². The zero-order chi connectivity index (χ0) is 13.8. The Morgan fingerprint density at radius 3 is 2.68 bits per heavy atom. The topological polar surface area (TPSA) is 29.5 Å². The predicted molar refractivity (Wildman–Crippen MR) is 78.2 cm³/mol. The third-order valence-corrected chi connectivity index (χ3v) is 4.42. The Morgan fingerprint density at radius 2 is 2.00 bits per heavy atom. The molecule has 1 aliphatic rings. The summed E-state index contributed by atoms with van der Waals surface area (Å²) in [7, 11) is 0. The Kier molecular flexibility index (Phi) is 4.64. The lowest BCUT2D eigenvalue weighted by molar-refractivity contribution is -0.156. The van der Waals surface area contributed by atoms with Crippen LogP contribution in [0.2, 0.25) is 0 Å². The lowest BCUT2D eigenvalue weighted by Crippen LogP contribution is -2.47. The number of benzene rings is 1. The fourth-order valence-electron chi connectivity index (χ4n) is 3.03. The normalized spacial score (nSPS) is 31.3. The van der Waals surface area contributed by atoms with E-state index in [0.717, 1.165) is 38.5 Å². The van der Waals surface area contributed by atoms with Crippen LogP contribution in [0.4, 0.5) is 0 Å². The lowest BCUT2D eigenvalue weighted by Gasteiger charge is -2.43. The third kappa shape index (κ3) is 4.05. The molecule has 1 heterocycles. The van der Waals surface area contributed by atoms with Crippen LogP contribution in [0.3, 0.4) is 0 Å². The predicted octanol–water partition coefficient (Wildman–Crippen LogP) is 3.72. The van der Waals surface area contributed by atoms with E-state index < -0.39 is 5.60 Å². The van der Waals surface area contributed by atoms with Crippen molar-refractivity contribution in [3.8, 4) is 0 Å². The van der Waals surface area contributed by atoms with Crippen LogP contribution in [-0.4, -0.2) is 22.9 Å². The summed E-state index contributed by atoms with van der Waals surface area (Å²) in [6.07, 6.45) is 5.48. The maximum Gasteiger partial charge on any atom is 0.0697 e. The molecule has 106 valence electrons. The van der Waals surface area contributed by atoms with Crippen LogP contribution in [0, 0.1) is 0 Å². The molecule has 1 aromatic carbocycles. The van der Waals surface area contributed by atoms with Crippen molar-refractivity contribution in [2.24, 2.45) is 0 Å². The van der Waals surface area contributed by atoms with E-state index in [0.29, 0.717) is 6.61 Å². The second-order valence-electron chi connectivity index (χ2n) is 6.14. The van der Waals surface area contributed by atoms with Gasteiger partial charge in [0.15, 0.2) is 0 Å². The molecule has 1 aliphatic heterocycles. The van der Waals surface area contributed by atoms with Gasteiger partial charge in [-0.2, -0.15) is 0 Å². The van der Waals surface area contributed by atoms with Gasteiger partial charge in [-0.3, -0.25) is 0 Å². The minimum atomic E-state index is -0.530. The average molecular weight is 262 g/mol. The Morgan fingerprint density at radius 1 is 1.26 bits per heavy atom. The molecular formula is C17H26O2. The van der Waals surface area contributed by atoms with Crippen molar-refractivity contribution >= 4 is 0 Å². The summed E-state index contributed by atoms with van der Waals surface area (Å²) in [5.74, 6) is 0. The van der Waals surface area contributed by atoms with Gasteiger partial charge in [-0.15, -0.1) is 0 Å². The van der Waals surface area contributed by atoms with Crippen LogP contribution in [0.15, 0.2) is 30.3 Å². The molecule has 2 nitrogen and oxygen atoms in total. The maximum atomic E-state index is 10.7. The van der Waals surface area contributed by atoms with E-state index in [1.165, 1.54) is 5.56 Å². The van der Waals surface area contributed by atoms with Gasteiger partial charge in [0.1, 0.15) is 0 Å². The molecule has 0 radical (unpaired) electrons. The summed E-state index contributed by atoms with van der Waals surface area (Å²) in [6, 6.07) is 10.5. The van der Waals surface area contributed by atoms with Crippen LogP contribution < -0.4 is 0 Å². The SMILES string of the molecule is CCC1(C)CC(O)(CCCc2ccccc2)CCO1. The van der Waals surface area contributed by atoms with Gasteiger partial charge in [-0.25, -0.2) is 0 Å². The van der Waals surface area contributed by atoms with E-state index in [1.54, 1.807) is 0 Å². The Labute approximate surface area is 116 Å². The molecule has 1 N–H and O–H groups in total. The molecule has 0 aliphatic carbocycles. The first-order chi connectivity index (χ1) is 9.05. The first-order valence-electron chi connectivity index (χ1n) is 7.46. The molecule has 2 atom stereocenters. The summed E-state index contributed by atoms with van der Waals surface area (Å²) in [4.78, 5) is 0. The molecule has 1 saturated heterocycles. The zero-order valence-corrected chi connectivity index (χ0v) is 12.2. The Bertz CT molecular complexity index is 390. The minimum absolute atomic E-state index is 0.139. The van der Waals surface area contributed by atoms with Gasteiger partial charge >= 0.3 is 0 Å². The van der Waals surface area contributed by atoms with Gasteiger partial charge in [0.2, 0.25) is 0 Å². The molecule has 0 amide bonds. The van der Waals surface area contributed by atoms with Crippen molar-refractivity contribution in [3.63, 3.8) is 0 Å². The van der Waals surface area contributed by atoms with Crippen LogP contribution in [0.5, 0.6) is 0 Å². The molecule has 2 unspecified atom stereocenters. The number of aryl methyl sites for hydroxylation is 1. The smallest absolute Gasteiger partial charge is 0.0697 e. The fourth-order valence-corrected chi connectivity index (χ4v) is 3.03. The van der Waals surface area contributed by atoms with E-state index >= 15 is 0 Å². The standard InChI is InChI=1S/C17H26O2/c1-3-16(2)14-17(18,12-13-19-16)11-7-10-15-8-5-4-6-9-15/h4-6,8-9,18H,3,7,10-14H2,1-2H3. The van der Waals surface area contributed by atoms with Gasteiger partial charge in [-0.05, 0) is 44.6 Å². The zero-order valence-electron chi connectivity index (χ0n) is 12.2. The van der Waals surface area contributed by atoms with Gasteiger partial charge < -0.3 is 9.84 Å². The van der Waals surface area contributed by atoms with Crippen LogP contribution in [0.1, 0.15) is 51.5 Å². The van der Waals surface area contributed by atoms with E-state index in [4.69, 9.17) is 4.74 Å². The molecule has 0 aromatic heterocycles. The lowest BCUT2D eigenvalue weighted by atomic mass is 9.79. The quantitative estimate of drug-likeness (QED) is 0.876. The highest BCUT2D eigenvalue weighted by molar-refractivity contribution is 5.14. The molecule has 2 rings (SSSR count). The van der Waals surface area contributed by atoms with Crippen molar-refractivity contribution in [1.29, 1.82) is 0 Å². The first-order valence-corrected chi connectivity index (χ1v) is 7.46. The molecule has 1 aromatic rings. The van der Waals surface area contributed by atoms with Crippen LogP contribution in [-0.2, 0) is 11.2 Å². The third-order valence-electron chi connectivity index (χ3n) is 4.42. The van der Waals surface area contributed by atoms with Gasteiger partial charge in [0, 0.05) is 6.42 Å². The molecule has 2 heteroatoms. The van der Waals surface area contributed by atoms with E-state index in [9.17, 15) is 5.11 Å². The number of hydrogen-bond acceptors (Lipinski definition) is 2. The summed E-state index contributed by atoms with van der Waals surface area (Å²) in [5, 5.41) is 10.7. The van der Waals surface area contributed by atoms with E-state index in [1.807, 2.05) is 6.07 Å². The number of ether oxygens (including phenoxy) is 1. The van der Waals surface area contributed by atoms with Crippen LogP contribution >= 0.6 is 0 Å². The average Bonchev–Trinajstić information content (AvgIpc) is 2.39. The second kappa shape index (κ2) is 6.06. The van der Waals surface area contributed by atoms with Crippen molar-refractivity contribution in [3.05, 3.63) is 35.9 Å². The van der Waals surface area contributed by atoms with E-state index in [2.05, 4.69) is 38.1 Å².